The van der Waals surface area contributed by atoms with Gasteiger partial charge in [-0.1, -0.05) is 0 Å². The fourth-order valence-electron chi connectivity index (χ4n) is 1.68. The van der Waals surface area contributed by atoms with Crippen molar-refractivity contribution < 1.29 is 9.47 Å². The number of aliphatic imine (C=N–C) groups is 1. The molecule has 4 nitrogen and oxygen atoms in total. The first-order chi connectivity index (χ1) is 9.17. The fourth-order valence-corrected chi connectivity index (χ4v) is 2.43. The minimum Gasteiger partial charge on any atom is -0.497 e. The van der Waals surface area contributed by atoms with Crippen LogP contribution in [-0.4, -0.2) is 33.9 Å². The van der Waals surface area contributed by atoms with Crippen molar-refractivity contribution in [1.82, 2.24) is 5.32 Å². The van der Waals surface area contributed by atoms with Crippen molar-refractivity contribution in [3.63, 3.8) is 0 Å². The van der Waals surface area contributed by atoms with E-state index in [-0.39, 0.29) is 0 Å². The number of rotatable bonds is 6. The third kappa shape index (κ3) is 3.92. The van der Waals surface area contributed by atoms with Gasteiger partial charge in [0.15, 0.2) is 0 Å². The molecule has 1 aromatic carbocycles. The van der Waals surface area contributed by atoms with Gasteiger partial charge in [-0.25, -0.2) is 0 Å². The van der Waals surface area contributed by atoms with Crippen LogP contribution in [0.25, 0.3) is 4.91 Å². The van der Waals surface area contributed by atoms with Gasteiger partial charge in [-0.3, -0.25) is 4.99 Å². The number of ether oxygens (including phenoxy) is 2. The van der Waals surface area contributed by atoms with Gasteiger partial charge in [0.05, 0.1) is 20.6 Å². The number of benzene rings is 1. The summed E-state index contributed by atoms with van der Waals surface area (Å²) >= 11 is 1.65. The van der Waals surface area contributed by atoms with E-state index in [9.17, 15) is 0 Å². The molecule has 104 valence electrons. The molecule has 19 heavy (non-hydrogen) atoms. The van der Waals surface area contributed by atoms with E-state index in [1.54, 1.807) is 39.4 Å². The Bertz CT molecular complexity index is 484. The summed E-state index contributed by atoms with van der Waals surface area (Å²) in [6.45, 7) is 2.01. The lowest BCUT2D eigenvalue weighted by Crippen LogP contribution is -2.09. The van der Waals surface area contributed by atoms with Gasteiger partial charge in [-0.15, -0.1) is 11.8 Å². The van der Waals surface area contributed by atoms with Crippen LogP contribution in [0.2, 0.25) is 0 Å². The summed E-state index contributed by atoms with van der Waals surface area (Å²) in [5.41, 5.74) is 2.02. The summed E-state index contributed by atoms with van der Waals surface area (Å²) in [6.07, 6.45) is 3.70. The summed E-state index contributed by atoms with van der Waals surface area (Å²) in [7, 11) is 5.05. The molecular weight excluding hydrogens is 260 g/mol. The number of hydrogen-bond donors (Lipinski definition) is 1. The second kappa shape index (κ2) is 7.74. The van der Waals surface area contributed by atoms with Crippen molar-refractivity contribution in [1.29, 1.82) is 0 Å². The highest BCUT2D eigenvalue weighted by Crippen LogP contribution is 2.36. The van der Waals surface area contributed by atoms with E-state index in [0.717, 1.165) is 27.7 Å². The summed E-state index contributed by atoms with van der Waals surface area (Å²) in [5, 5.41) is 3.14. The molecule has 0 amide bonds. The zero-order chi connectivity index (χ0) is 14.3. The smallest absolute Gasteiger partial charge is 0.127 e. The minimum atomic E-state index is 0.805. The van der Waals surface area contributed by atoms with Gasteiger partial charge in [-0.2, -0.15) is 0 Å². The maximum Gasteiger partial charge on any atom is 0.127 e. The van der Waals surface area contributed by atoms with Crippen LogP contribution in [0.4, 0.5) is 0 Å². The average Bonchev–Trinajstić information content (AvgIpc) is 2.45. The summed E-state index contributed by atoms with van der Waals surface area (Å²) in [5.74, 6) is 1.62. The van der Waals surface area contributed by atoms with E-state index in [1.807, 2.05) is 31.4 Å². The zero-order valence-corrected chi connectivity index (χ0v) is 12.8. The molecule has 0 unspecified atom stereocenters. The zero-order valence-electron chi connectivity index (χ0n) is 12.0. The molecule has 0 aromatic heterocycles. The first-order valence-corrected chi connectivity index (χ1v) is 7.04. The van der Waals surface area contributed by atoms with Crippen LogP contribution in [0.3, 0.4) is 0 Å². The topological polar surface area (TPSA) is 42.9 Å². The lowest BCUT2D eigenvalue weighted by molar-refractivity contribution is 0.402. The molecule has 0 heterocycles. The van der Waals surface area contributed by atoms with Crippen molar-refractivity contribution in [3.05, 3.63) is 29.5 Å². The predicted octanol–water partition coefficient (Wildman–Crippen LogP) is 3.00. The van der Waals surface area contributed by atoms with Crippen LogP contribution in [0.5, 0.6) is 11.5 Å². The number of nitrogens with zero attached hydrogens (tertiary/aromatic N) is 1. The van der Waals surface area contributed by atoms with Crippen LogP contribution in [0.15, 0.2) is 28.9 Å². The van der Waals surface area contributed by atoms with Crippen molar-refractivity contribution in [2.45, 2.75) is 6.92 Å². The van der Waals surface area contributed by atoms with Crippen molar-refractivity contribution in [3.8, 4) is 11.5 Å². The normalized spacial score (nSPS) is 12.3. The monoisotopic (exact) mass is 280 g/mol. The molecular formula is C14H20N2O2S. The number of allylic oxidation sites excluding steroid dienone is 1. The maximum absolute atomic E-state index is 5.42. The van der Waals surface area contributed by atoms with E-state index in [1.165, 1.54) is 0 Å². The highest BCUT2D eigenvalue weighted by atomic mass is 32.2. The fraction of sp³-hybridized carbons (Fsp3) is 0.357. The van der Waals surface area contributed by atoms with Gasteiger partial charge < -0.3 is 14.8 Å². The van der Waals surface area contributed by atoms with E-state index in [0.29, 0.717) is 0 Å². The van der Waals surface area contributed by atoms with Gasteiger partial charge in [0.25, 0.3) is 0 Å². The highest BCUT2D eigenvalue weighted by Gasteiger charge is 2.12. The molecule has 0 aliphatic heterocycles. The summed E-state index contributed by atoms with van der Waals surface area (Å²) < 4.78 is 10.7. The molecule has 1 rings (SSSR count). The SMILES string of the molecule is CN=CN/C(C)=C(\SC)c1cc(OC)ccc1OC. The molecule has 1 N–H and O–H groups in total. The van der Waals surface area contributed by atoms with Gasteiger partial charge in [0.2, 0.25) is 0 Å². The molecule has 0 fully saturated rings. The Morgan fingerprint density at radius 3 is 2.58 bits per heavy atom. The average molecular weight is 280 g/mol. The number of methoxy groups -OCH3 is 2. The maximum atomic E-state index is 5.42. The van der Waals surface area contributed by atoms with Gasteiger partial charge in [-0.05, 0) is 31.4 Å². The van der Waals surface area contributed by atoms with E-state index in [2.05, 4.69) is 10.3 Å². The Hall–Kier alpha value is -1.62. The van der Waals surface area contributed by atoms with Crippen LogP contribution in [0, 0.1) is 0 Å². The largest absolute Gasteiger partial charge is 0.497 e. The molecule has 5 heteroatoms. The Labute approximate surface area is 118 Å². The van der Waals surface area contributed by atoms with Crippen LogP contribution < -0.4 is 14.8 Å². The van der Waals surface area contributed by atoms with Crippen LogP contribution in [-0.2, 0) is 0 Å². The number of hydrogen-bond acceptors (Lipinski definition) is 4. The van der Waals surface area contributed by atoms with Gasteiger partial charge >= 0.3 is 0 Å². The molecule has 0 radical (unpaired) electrons. The van der Waals surface area contributed by atoms with Crippen LogP contribution >= 0.6 is 11.8 Å². The Balaban J connectivity index is 3.29. The third-order valence-electron chi connectivity index (χ3n) is 2.61. The standard InChI is InChI=1S/C14H20N2O2S/c1-10(16-9-15-2)14(19-5)12-8-11(17-3)6-7-13(12)18-4/h6-9H,1-5H3,(H,15,16)/b14-10-. The molecule has 0 atom stereocenters. The lowest BCUT2D eigenvalue weighted by atomic mass is 10.1. The quantitative estimate of drug-likeness (QED) is 0.642. The molecule has 0 aliphatic carbocycles. The van der Waals surface area contributed by atoms with Crippen molar-refractivity contribution in [2.75, 3.05) is 27.5 Å². The van der Waals surface area contributed by atoms with Crippen molar-refractivity contribution >= 4 is 23.0 Å². The van der Waals surface area contributed by atoms with E-state index < -0.39 is 0 Å². The van der Waals surface area contributed by atoms with Gasteiger partial charge in [0.1, 0.15) is 11.5 Å². The Morgan fingerprint density at radius 2 is 2.05 bits per heavy atom. The number of nitrogens with one attached hydrogen (secondary N) is 1. The molecule has 0 saturated carbocycles. The third-order valence-corrected chi connectivity index (χ3v) is 3.54. The first-order valence-electron chi connectivity index (χ1n) is 5.82. The summed E-state index contributed by atoms with van der Waals surface area (Å²) in [4.78, 5) is 5.02. The van der Waals surface area contributed by atoms with Crippen molar-refractivity contribution in [2.24, 2.45) is 4.99 Å². The first kappa shape index (κ1) is 15.4. The predicted molar refractivity (Wildman–Crippen MR) is 83.2 cm³/mol. The molecule has 0 saturated heterocycles. The summed E-state index contributed by atoms with van der Waals surface area (Å²) in [6, 6.07) is 5.76. The molecule has 0 bridgehead atoms. The van der Waals surface area contributed by atoms with E-state index >= 15 is 0 Å². The number of thioether (sulfide) groups is 1. The Kier molecular flexibility index (Phi) is 6.29. The second-order valence-corrected chi connectivity index (χ2v) is 4.57. The molecule has 0 spiro atoms. The molecule has 1 aromatic rings. The minimum absolute atomic E-state index is 0.805. The van der Waals surface area contributed by atoms with Crippen LogP contribution in [0.1, 0.15) is 12.5 Å². The Morgan fingerprint density at radius 1 is 1.32 bits per heavy atom. The highest BCUT2D eigenvalue weighted by molar-refractivity contribution is 8.07. The van der Waals surface area contributed by atoms with Gasteiger partial charge in [0, 0.05) is 23.2 Å². The molecule has 0 aliphatic rings. The lowest BCUT2D eigenvalue weighted by Gasteiger charge is -2.14. The van der Waals surface area contributed by atoms with E-state index in [4.69, 9.17) is 9.47 Å². The second-order valence-electron chi connectivity index (χ2n) is 3.76.